The molecular weight excluding hydrogens is 292 g/mol. The standard InChI is InChI=1S/C13H14N4OS2/c1-8-7-11(18)17-12(14-8)20-13(15-17)16(3)9(2)10-5-4-6-19-10/h4-7,9H,1-3H3/t9-/m1/s1. The molecule has 3 rings (SSSR count). The smallest absolute Gasteiger partial charge is 0.275 e. The second-order valence-corrected chi connectivity index (χ2v) is 6.53. The lowest BCUT2D eigenvalue weighted by Crippen LogP contribution is -2.21. The van der Waals surface area contributed by atoms with Crippen molar-refractivity contribution in [3.63, 3.8) is 0 Å². The fourth-order valence-corrected chi connectivity index (χ4v) is 3.76. The highest BCUT2D eigenvalue weighted by atomic mass is 32.1. The molecule has 0 spiro atoms. The highest BCUT2D eigenvalue weighted by Gasteiger charge is 2.18. The first-order chi connectivity index (χ1) is 9.56. The molecule has 0 bridgehead atoms. The van der Waals surface area contributed by atoms with Gasteiger partial charge in [-0.1, -0.05) is 17.4 Å². The first kappa shape index (κ1) is 13.3. The van der Waals surface area contributed by atoms with Crippen molar-refractivity contribution in [1.29, 1.82) is 0 Å². The molecule has 1 atom stereocenters. The normalized spacial score (nSPS) is 12.8. The van der Waals surface area contributed by atoms with E-state index in [2.05, 4.69) is 33.4 Å². The summed E-state index contributed by atoms with van der Waals surface area (Å²) in [4.78, 5) is 20.2. The molecule has 3 aromatic rings. The molecule has 0 N–H and O–H groups in total. The third kappa shape index (κ3) is 2.23. The molecule has 20 heavy (non-hydrogen) atoms. The molecule has 3 aromatic heterocycles. The van der Waals surface area contributed by atoms with Crippen LogP contribution in [-0.4, -0.2) is 21.6 Å². The van der Waals surface area contributed by atoms with E-state index in [0.717, 1.165) is 10.8 Å². The van der Waals surface area contributed by atoms with E-state index in [9.17, 15) is 4.79 Å². The number of hydrogen-bond donors (Lipinski definition) is 0. The van der Waals surface area contributed by atoms with Gasteiger partial charge in [0.1, 0.15) is 0 Å². The van der Waals surface area contributed by atoms with E-state index < -0.39 is 0 Å². The lowest BCUT2D eigenvalue weighted by atomic mass is 10.2. The molecule has 0 saturated heterocycles. The van der Waals surface area contributed by atoms with Gasteiger partial charge in [0.15, 0.2) is 0 Å². The average Bonchev–Trinajstić information content (AvgIpc) is 3.05. The molecule has 0 aliphatic rings. The van der Waals surface area contributed by atoms with Crippen LogP contribution in [0.4, 0.5) is 5.13 Å². The molecule has 3 heterocycles. The van der Waals surface area contributed by atoms with Crippen molar-refractivity contribution in [1.82, 2.24) is 14.6 Å². The minimum atomic E-state index is -0.132. The number of anilines is 1. The van der Waals surface area contributed by atoms with Crippen LogP contribution in [0.1, 0.15) is 23.5 Å². The summed E-state index contributed by atoms with van der Waals surface area (Å²) in [7, 11) is 1.99. The number of fused-ring (bicyclic) bond motifs is 1. The van der Waals surface area contributed by atoms with Gasteiger partial charge in [-0.15, -0.1) is 16.4 Å². The maximum absolute atomic E-state index is 11.9. The van der Waals surface area contributed by atoms with Gasteiger partial charge in [0, 0.05) is 23.7 Å². The molecule has 0 unspecified atom stereocenters. The van der Waals surface area contributed by atoms with Crippen molar-refractivity contribution in [2.45, 2.75) is 19.9 Å². The van der Waals surface area contributed by atoms with Crippen LogP contribution in [-0.2, 0) is 0 Å². The Labute approximate surface area is 124 Å². The average molecular weight is 306 g/mol. The van der Waals surface area contributed by atoms with E-state index in [1.165, 1.54) is 26.8 Å². The van der Waals surface area contributed by atoms with Crippen molar-refractivity contribution in [2.24, 2.45) is 0 Å². The Bertz CT molecular complexity index is 790. The van der Waals surface area contributed by atoms with Gasteiger partial charge < -0.3 is 4.90 Å². The largest absolute Gasteiger partial charge is 0.342 e. The van der Waals surface area contributed by atoms with Gasteiger partial charge in [0.2, 0.25) is 10.1 Å². The summed E-state index contributed by atoms with van der Waals surface area (Å²) in [5.74, 6) is 0. The van der Waals surface area contributed by atoms with Crippen molar-refractivity contribution in [3.8, 4) is 0 Å². The fraction of sp³-hybridized carbons (Fsp3) is 0.308. The maximum atomic E-state index is 11.9. The summed E-state index contributed by atoms with van der Waals surface area (Å²) in [6.07, 6.45) is 0. The van der Waals surface area contributed by atoms with Crippen LogP contribution in [0.15, 0.2) is 28.4 Å². The van der Waals surface area contributed by atoms with E-state index in [4.69, 9.17) is 0 Å². The summed E-state index contributed by atoms with van der Waals surface area (Å²) in [5.41, 5.74) is 0.589. The molecule has 0 aliphatic heterocycles. The Kier molecular flexibility index (Phi) is 3.31. The van der Waals surface area contributed by atoms with E-state index in [1.807, 2.05) is 20.0 Å². The highest BCUT2D eigenvalue weighted by molar-refractivity contribution is 7.20. The summed E-state index contributed by atoms with van der Waals surface area (Å²) in [5, 5.41) is 7.23. The molecule has 0 fully saturated rings. The quantitative estimate of drug-likeness (QED) is 0.746. The van der Waals surface area contributed by atoms with Gasteiger partial charge in [-0.25, -0.2) is 4.98 Å². The monoisotopic (exact) mass is 306 g/mol. The molecule has 0 radical (unpaired) electrons. The molecule has 0 aliphatic carbocycles. The summed E-state index contributed by atoms with van der Waals surface area (Å²) in [6.45, 7) is 3.94. The highest BCUT2D eigenvalue weighted by Crippen LogP contribution is 2.30. The lowest BCUT2D eigenvalue weighted by molar-refractivity contribution is 0.736. The molecule has 0 amide bonds. The van der Waals surface area contributed by atoms with Gasteiger partial charge >= 0.3 is 0 Å². The number of aromatic nitrogens is 3. The van der Waals surface area contributed by atoms with Crippen LogP contribution >= 0.6 is 22.7 Å². The third-order valence-corrected chi connectivity index (χ3v) is 5.24. The van der Waals surface area contributed by atoms with Gasteiger partial charge in [-0.2, -0.15) is 4.52 Å². The number of nitrogens with zero attached hydrogens (tertiary/aromatic N) is 4. The van der Waals surface area contributed by atoms with E-state index in [0.29, 0.717) is 4.96 Å². The summed E-state index contributed by atoms with van der Waals surface area (Å²) < 4.78 is 1.37. The number of hydrogen-bond acceptors (Lipinski definition) is 6. The summed E-state index contributed by atoms with van der Waals surface area (Å²) >= 11 is 3.15. The zero-order chi connectivity index (χ0) is 14.3. The van der Waals surface area contributed by atoms with E-state index in [-0.39, 0.29) is 11.6 Å². The third-order valence-electron chi connectivity index (χ3n) is 3.20. The zero-order valence-electron chi connectivity index (χ0n) is 11.4. The maximum Gasteiger partial charge on any atom is 0.275 e. The lowest BCUT2D eigenvalue weighted by Gasteiger charge is -2.22. The first-order valence-electron chi connectivity index (χ1n) is 6.20. The fourth-order valence-electron chi connectivity index (χ4n) is 1.94. The van der Waals surface area contributed by atoms with Crippen molar-refractivity contribution in [2.75, 3.05) is 11.9 Å². The van der Waals surface area contributed by atoms with Crippen LogP contribution in [0.2, 0.25) is 0 Å². The minimum absolute atomic E-state index is 0.132. The molecule has 104 valence electrons. The Morgan fingerprint density at radius 3 is 2.95 bits per heavy atom. The van der Waals surface area contributed by atoms with E-state index >= 15 is 0 Å². The van der Waals surface area contributed by atoms with Crippen LogP contribution in [0.3, 0.4) is 0 Å². The molecule has 0 saturated carbocycles. The topological polar surface area (TPSA) is 50.5 Å². The van der Waals surface area contributed by atoms with Gasteiger partial charge in [-0.3, -0.25) is 4.79 Å². The number of aryl methyl sites for hydroxylation is 1. The van der Waals surface area contributed by atoms with Gasteiger partial charge in [0.05, 0.1) is 6.04 Å². The minimum Gasteiger partial charge on any atom is -0.342 e. The first-order valence-corrected chi connectivity index (χ1v) is 7.89. The second kappa shape index (κ2) is 4.99. The van der Waals surface area contributed by atoms with Gasteiger partial charge in [-0.05, 0) is 25.3 Å². The number of thiophene rings is 1. The Morgan fingerprint density at radius 2 is 2.25 bits per heavy atom. The predicted octanol–water partition coefficient (Wildman–Crippen LogP) is 2.72. The zero-order valence-corrected chi connectivity index (χ0v) is 13.0. The van der Waals surface area contributed by atoms with Crippen LogP contribution in [0, 0.1) is 6.92 Å². The number of rotatable bonds is 3. The predicted molar refractivity (Wildman–Crippen MR) is 83.0 cm³/mol. The van der Waals surface area contributed by atoms with E-state index in [1.54, 1.807) is 11.3 Å². The molecular formula is C13H14N4OS2. The SMILES string of the molecule is Cc1cc(=O)n2nc(N(C)[C@H](C)c3cccs3)sc2n1. The van der Waals surface area contributed by atoms with Gasteiger partial charge in [0.25, 0.3) is 5.56 Å². The molecule has 0 aromatic carbocycles. The van der Waals surface area contributed by atoms with Crippen molar-refractivity contribution >= 4 is 32.8 Å². The Hall–Kier alpha value is -1.73. The van der Waals surface area contributed by atoms with Crippen LogP contribution in [0.25, 0.3) is 4.96 Å². The molecule has 7 heteroatoms. The summed E-state index contributed by atoms with van der Waals surface area (Å²) in [6, 6.07) is 5.86. The van der Waals surface area contributed by atoms with Crippen molar-refractivity contribution in [3.05, 3.63) is 44.5 Å². The second-order valence-electron chi connectivity index (χ2n) is 4.62. The molecule has 5 nitrogen and oxygen atoms in total. The Morgan fingerprint density at radius 1 is 1.45 bits per heavy atom. The Balaban J connectivity index is 2.02. The van der Waals surface area contributed by atoms with Crippen LogP contribution in [0.5, 0.6) is 0 Å². The van der Waals surface area contributed by atoms with Crippen molar-refractivity contribution < 1.29 is 0 Å². The van der Waals surface area contributed by atoms with Crippen LogP contribution < -0.4 is 10.5 Å².